The summed E-state index contributed by atoms with van der Waals surface area (Å²) in [5.41, 5.74) is 8.14. The number of carbonyl (C=O) groups excluding carboxylic acids is 1. The molecule has 0 fully saturated rings. The van der Waals surface area contributed by atoms with Crippen LogP contribution in [0.1, 0.15) is 27.6 Å². The highest BCUT2D eigenvalue weighted by molar-refractivity contribution is 5.96. The van der Waals surface area contributed by atoms with Crippen LogP contribution in [0, 0.1) is 6.92 Å². The molecule has 0 aliphatic heterocycles. The van der Waals surface area contributed by atoms with Crippen molar-refractivity contribution < 1.29 is 19.4 Å². The molecule has 7 heteroatoms. The average Bonchev–Trinajstić information content (AvgIpc) is 2.60. The molecule has 1 atom stereocenters. The Labute approximate surface area is 153 Å². The molecule has 2 aromatic carbocycles. The number of aliphatic hydroxyl groups excluding tert-OH is 1. The van der Waals surface area contributed by atoms with Gasteiger partial charge in [-0.3, -0.25) is 4.79 Å². The molecule has 0 aliphatic rings. The third kappa shape index (κ3) is 5.27. The Morgan fingerprint density at radius 2 is 1.76 bits per heavy atom. The van der Waals surface area contributed by atoms with Crippen LogP contribution in [0.25, 0.3) is 0 Å². The molecule has 0 aromatic heterocycles. The Bertz CT molecular complexity index is 715. The van der Waals surface area contributed by atoms with E-state index in [4.69, 9.17) is 15.2 Å². The number of hydrogen-bond acceptors (Lipinski definition) is 5. The largest absolute Gasteiger partial charge is 0.497 e. The number of hydrogen-bond donors (Lipinski definition) is 3. The molecule has 0 aliphatic carbocycles. The second-order valence-corrected chi connectivity index (χ2v) is 5.45. The van der Waals surface area contributed by atoms with Gasteiger partial charge in [-0.05, 0) is 42.3 Å². The highest BCUT2D eigenvalue weighted by atomic mass is 35.5. The third-order valence-electron chi connectivity index (χ3n) is 3.72. The molecule has 1 unspecified atom stereocenters. The van der Waals surface area contributed by atoms with Crippen molar-refractivity contribution >= 4 is 24.0 Å². The van der Waals surface area contributed by atoms with Crippen molar-refractivity contribution in [1.29, 1.82) is 0 Å². The maximum Gasteiger partial charge on any atom is 0.251 e. The molecule has 0 spiro atoms. The number of aliphatic hydroxyl groups is 1. The quantitative estimate of drug-likeness (QED) is 0.683. The second kappa shape index (κ2) is 9.15. The van der Waals surface area contributed by atoms with E-state index in [2.05, 4.69) is 5.32 Å². The van der Waals surface area contributed by atoms with Crippen molar-refractivity contribution in [2.75, 3.05) is 26.5 Å². The van der Waals surface area contributed by atoms with Crippen molar-refractivity contribution in [3.8, 4) is 11.5 Å². The minimum atomic E-state index is -0.890. The number of nitrogens with one attached hydrogen (secondary N) is 1. The summed E-state index contributed by atoms with van der Waals surface area (Å²) >= 11 is 0. The lowest BCUT2D eigenvalue weighted by molar-refractivity contribution is 0.0915. The molecule has 2 aromatic rings. The van der Waals surface area contributed by atoms with Crippen LogP contribution < -0.4 is 20.5 Å². The van der Waals surface area contributed by atoms with Crippen molar-refractivity contribution in [3.05, 3.63) is 53.1 Å². The van der Waals surface area contributed by atoms with Crippen LogP contribution in [0.3, 0.4) is 0 Å². The van der Waals surface area contributed by atoms with Gasteiger partial charge in [0.15, 0.2) is 0 Å². The minimum absolute atomic E-state index is 0. The molecule has 0 heterocycles. The molecule has 136 valence electrons. The first-order valence-corrected chi connectivity index (χ1v) is 7.50. The van der Waals surface area contributed by atoms with Gasteiger partial charge in [0.05, 0.1) is 20.3 Å². The highest BCUT2D eigenvalue weighted by Crippen LogP contribution is 2.26. The average molecular weight is 367 g/mol. The van der Waals surface area contributed by atoms with Gasteiger partial charge in [0.2, 0.25) is 0 Å². The standard InChI is InChI=1S/C18H22N2O4.ClH/c1-11-4-5-13(19)8-16(11)18(22)20-10-17(21)12-6-14(23-2)9-15(7-12)24-3;/h4-9,17,21H,10,19H2,1-3H3,(H,20,22);1H. The van der Waals surface area contributed by atoms with Gasteiger partial charge in [0.1, 0.15) is 11.5 Å². The predicted octanol–water partition coefficient (Wildman–Crippen LogP) is 2.48. The van der Waals surface area contributed by atoms with Crippen molar-refractivity contribution in [2.24, 2.45) is 0 Å². The number of benzene rings is 2. The molecule has 0 saturated carbocycles. The van der Waals surface area contributed by atoms with Gasteiger partial charge in [-0.1, -0.05) is 6.07 Å². The van der Waals surface area contributed by atoms with Gasteiger partial charge in [0, 0.05) is 23.9 Å². The number of amides is 1. The molecular formula is C18H23ClN2O4. The molecule has 1 amide bonds. The SMILES string of the molecule is COc1cc(OC)cc(C(O)CNC(=O)c2cc(N)ccc2C)c1.Cl. The second-order valence-electron chi connectivity index (χ2n) is 5.45. The van der Waals surface area contributed by atoms with Crippen LogP contribution >= 0.6 is 12.4 Å². The zero-order chi connectivity index (χ0) is 17.7. The third-order valence-corrected chi connectivity index (χ3v) is 3.72. The van der Waals surface area contributed by atoms with Gasteiger partial charge in [-0.15, -0.1) is 12.4 Å². The van der Waals surface area contributed by atoms with E-state index in [-0.39, 0.29) is 24.9 Å². The number of rotatable bonds is 6. The first-order chi connectivity index (χ1) is 11.4. The van der Waals surface area contributed by atoms with Gasteiger partial charge in [0.25, 0.3) is 5.91 Å². The Morgan fingerprint density at radius 3 is 2.32 bits per heavy atom. The van der Waals surface area contributed by atoms with Crippen LogP contribution in [-0.4, -0.2) is 31.8 Å². The minimum Gasteiger partial charge on any atom is -0.497 e. The van der Waals surface area contributed by atoms with E-state index in [1.807, 2.05) is 6.92 Å². The van der Waals surface area contributed by atoms with E-state index in [9.17, 15) is 9.90 Å². The van der Waals surface area contributed by atoms with E-state index in [1.165, 1.54) is 14.2 Å². The van der Waals surface area contributed by atoms with Gasteiger partial charge in [-0.25, -0.2) is 0 Å². The topological polar surface area (TPSA) is 93.8 Å². The number of carbonyl (C=O) groups is 1. The van der Waals surface area contributed by atoms with Crippen molar-refractivity contribution in [3.63, 3.8) is 0 Å². The number of methoxy groups -OCH3 is 2. The number of halogens is 1. The molecule has 6 nitrogen and oxygen atoms in total. The van der Waals surface area contributed by atoms with E-state index in [0.717, 1.165) is 5.56 Å². The zero-order valence-electron chi connectivity index (χ0n) is 14.4. The van der Waals surface area contributed by atoms with Crippen LogP contribution in [0.2, 0.25) is 0 Å². The summed E-state index contributed by atoms with van der Waals surface area (Å²) in [5, 5.41) is 13.0. The highest BCUT2D eigenvalue weighted by Gasteiger charge is 2.14. The Hall–Kier alpha value is -2.44. The monoisotopic (exact) mass is 366 g/mol. The van der Waals surface area contributed by atoms with Crippen LogP contribution in [-0.2, 0) is 0 Å². The Balaban J connectivity index is 0.00000312. The molecule has 2 rings (SSSR count). The lowest BCUT2D eigenvalue weighted by Crippen LogP contribution is -2.29. The van der Waals surface area contributed by atoms with Crippen LogP contribution in [0.15, 0.2) is 36.4 Å². The number of nitrogens with two attached hydrogens (primary N) is 1. The number of nitrogen functional groups attached to an aromatic ring is 1. The lowest BCUT2D eigenvalue weighted by Gasteiger charge is -2.15. The summed E-state index contributed by atoms with van der Waals surface area (Å²) in [6, 6.07) is 10.3. The molecule has 0 bridgehead atoms. The maximum atomic E-state index is 12.3. The van der Waals surface area contributed by atoms with Crippen LogP contribution in [0.4, 0.5) is 5.69 Å². The zero-order valence-corrected chi connectivity index (χ0v) is 15.2. The van der Waals surface area contributed by atoms with E-state index >= 15 is 0 Å². The fraction of sp³-hybridized carbons (Fsp3) is 0.278. The summed E-state index contributed by atoms with van der Waals surface area (Å²) in [7, 11) is 3.07. The number of aryl methyl sites for hydroxylation is 1. The Morgan fingerprint density at radius 1 is 1.16 bits per heavy atom. The number of ether oxygens (including phenoxy) is 2. The summed E-state index contributed by atoms with van der Waals surface area (Å²) in [6.07, 6.45) is -0.890. The predicted molar refractivity (Wildman–Crippen MR) is 99.7 cm³/mol. The summed E-state index contributed by atoms with van der Waals surface area (Å²) in [4.78, 5) is 12.3. The summed E-state index contributed by atoms with van der Waals surface area (Å²) in [5.74, 6) is 0.858. The molecule has 0 radical (unpaired) electrons. The van der Waals surface area contributed by atoms with Crippen molar-refractivity contribution in [2.45, 2.75) is 13.0 Å². The smallest absolute Gasteiger partial charge is 0.251 e. The van der Waals surface area contributed by atoms with E-state index in [0.29, 0.717) is 28.3 Å². The molecule has 4 N–H and O–H groups in total. The van der Waals surface area contributed by atoms with E-state index in [1.54, 1.807) is 36.4 Å². The molecule has 0 saturated heterocycles. The molecular weight excluding hydrogens is 344 g/mol. The van der Waals surface area contributed by atoms with Gasteiger partial charge >= 0.3 is 0 Å². The van der Waals surface area contributed by atoms with E-state index < -0.39 is 6.10 Å². The van der Waals surface area contributed by atoms with Gasteiger partial charge in [-0.2, -0.15) is 0 Å². The first-order valence-electron chi connectivity index (χ1n) is 7.50. The summed E-state index contributed by atoms with van der Waals surface area (Å²) < 4.78 is 10.4. The first kappa shape index (κ1) is 20.6. The summed E-state index contributed by atoms with van der Waals surface area (Å²) in [6.45, 7) is 1.89. The number of anilines is 1. The van der Waals surface area contributed by atoms with Gasteiger partial charge < -0.3 is 25.6 Å². The van der Waals surface area contributed by atoms with Crippen LogP contribution in [0.5, 0.6) is 11.5 Å². The molecule has 25 heavy (non-hydrogen) atoms. The van der Waals surface area contributed by atoms with Crippen molar-refractivity contribution in [1.82, 2.24) is 5.32 Å². The lowest BCUT2D eigenvalue weighted by atomic mass is 10.1. The maximum absolute atomic E-state index is 12.3. The normalized spacial score (nSPS) is 11.2. The fourth-order valence-electron chi connectivity index (χ4n) is 2.31. The Kier molecular flexibility index (Phi) is 7.54. The fourth-order valence-corrected chi connectivity index (χ4v) is 2.31.